The summed E-state index contributed by atoms with van der Waals surface area (Å²) in [5.41, 5.74) is 5.64. The molecule has 0 radical (unpaired) electrons. The number of amides is 1. The minimum absolute atomic E-state index is 0.291. The molecule has 2 heterocycles. The number of methoxy groups -OCH3 is 2. The minimum Gasteiger partial charge on any atom is -0.497 e. The van der Waals surface area contributed by atoms with E-state index in [0.29, 0.717) is 27.4 Å². The third-order valence-corrected chi connectivity index (χ3v) is 6.49. The minimum atomic E-state index is -0.647. The van der Waals surface area contributed by atoms with Crippen LogP contribution in [0, 0.1) is 0 Å². The molecule has 4 rings (SSSR count). The highest BCUT2D eigenvalue weighted by molar-refractivity contribution is 7.18. The van der Waals surface area contributed by atoms with E-state index in [1.54, 1.807) is 18.2 Å². The summed E-state index contributed by atoms with van der Waals surface area (Å²) in [5.74, 6) is 0.203. The van der Waals surface area contributed by atoms with E-state index in [1.807, 2.05) is 0 Å². The molecule has 1 aliphatic carbocycles. The van der Waals surface area contributed by atoms with E-state index in [9.17, 15) is 14.4 Å². The van der Waals surface area contributed by atoms with Crippen LogP contribution in [0.1, 0.15) is 23.3 Å². The van der Waals surface area contributed by atoms with Gasteiger partial charge < -0.3 is 15.2 Å². The van der Waals surface area contributed by atoms with Crippen LogP contribution < -0.4 is 26.5 Å². The topological polar surface area (TPSA) is 106 Å². The molecule has 2 aromatic heterocycles. The van der Waals surface area contributed by atoms with Crippen molar-refractivity contribution in [3.63, 3.8) is 0 Å². The Bertz CT molecular complexity index is 1240. The van der Waals surface area contributed by atoms with Crippen molar-refractivity contribution in [2.24, 2.45) is 5.73 Å². The Morgan fingerprint density at radius 1 is 1.17 bits per heavy atom. The van der Waals surface area contributed by atoms with Crippen molar-refractivity contribution in [1.29, 1.82) is 0 Å². The molecule has 8 nitrogen and oxygen atoms in total. The summed E-state index contributed by atoms with van der Waals surface area (Å²) in [5, 5.41) is 0.489. The third-order valence-electron chi connectivity index (χ3n) is 5.18. The van der Waals surface area contributed by atoms with Crippen molar-refractivity contribution >= 4 is 27.5 Å². The fraction of sp³-hybridized carbons (Fsp3) is 0.350. The molecule has 1 aromatic carbocycles. The summed E-state index contributed by atoms with van der Waals surface area (Å²) < 4.78 is 13.0. The first-order valence-electron chi connectivity index (χ1n) is 9.27. The van der Waals surface area contributed by atoms with E-state index in [1.165, 1.54) is 30.1 Å². The Morgan fingerprint density at radius 3 is 2.62 bits per heavy atom. The SMILES string of the molecule is COc1ccc(-n2c(=O)c3c4c(sc3n(CC(N)=O)c2=O)CCCC4)c(OC)c1. The first-order chi connectivity index (χ1) is 14.0. The van der Waals surface area contributed by atoms with Gasteiger partial charge in [0.25, 0.3) is 5.56 Å². The molecular formula is C20H21N3O5S. The number of hydrogen-bond acceptors (Lipinski definition) is 6. The summed E-state index contributed by atoms with van der Waals surface area (Å²) >= 11 is 1.41. The van der Waals surface area contributed by atoms with Gasteiger partial charge in [-0.1, -0.05) is 0 Å². The molecule has 152 valence electrons. The lowest BCUT2D eigenvalue weighted by Gasteiger charge is -2.15. The van der Waals surface area contributed by atoms with E-state index < -0.39 is 17.2 Å². The van der Waals surface area contributed by atoms with Crippen molar-refractivity contribution in [1.82, 2.24) is 9.13 Å². The molecule has 0 fully saturated rings. The van der Waals surface area contributed by atoms with Crippen LogP contribution in [0.4, 0.5) is 0 Å². The second-order valence-electron chi connectivity index (χ2n) is 6.90. The molecule has 0 atom stereocenters. The highest BCUT2D eigenvalue weighted by Gasteiger charge is 2.25. The Balaban J connectivity index is 2.11. The highest BCUT2D eigenvalue weighted by atomic mass is 32.1. The number of benzene rings is 1. The van der Waals surface area contributed by atoms with E-state index in [2.05, 4.69) is 0 Å². The molecule has 2 N–H and O–H groups in total. The average molecular weight is 415 g/mol. The molecule has 0 saturated carbocycles. The van der Waals surface area contributed by atoms with Gasteiger partial charge in [0.15, 0.2) is 0 Å². The van der Waals surface area contributed by atoms with Gasteiger partial charge in [0.2, 0.25) is 5.91 Å². The zero-order chi connectivity index (χ0) is 20.7. The van der Waals surface area contributed by atoms with Crippen LogP contribution in [0.2, 0.25) is 0 Å². The number of primary amides is 1. The lowest BCUT2D eigenvalue weighted by atomic mass is 9.97. The van der Waals surface area contributed by atoms with Crippen LogP contribution in [-0.4, -0.2) is 29.3 Å². The Labute approximate surface area is 170 Å². The number of carbonyl (C=O) groups excluding carboxylic acids is 1. The molecular weight excluding hydrogens is 394 g/mol. The molecule has 29 heavy (non-hydrogen) atoms. The van der Waals surface area contributed by atoms with Crippen LogP contribution >= 0.6 is 11.3 Å². The zero-order valence-electron chi connectivity index (χ0n) is 16.2. The summed E-state index contributed by atoms with van der Waals surface area (Å²) in [7, 11) is 2.97. The fourth-order valence-corrected chi connectivity index (χ4v) is 5.22. The van der Waals surface area contributed by atoms with Crippen LogP contribution in [0.3, 0.4) is 0 Å². The van der Waals surface area contributed by atoms with E-state index in [0.717, 1.165) is 40.7 Å². The van der Waals surface area contributed by atoms with Crippen molar-refractivity contribution < 1.29 is 14.3 Å². The van der Waals surface area contributed by atoms with E-state index >= 15 is 0 Å². The lowest BCUT2D eigenvalue weighted by Crippen LogP contribution is -2.41. The first kappa shape index (κ1) is 19.3. The Morgan fingerprint density at radius 2 is 1.93 bits per heavy atom. The predicted molar refractivity (Wildman–Crippen MR) is 111 cm³/mol. The largest absolute Gasteiger partial charge is 0.497 e. The second kappa shape index (κ2) is 7.40. The van der Waals surface area contributed by atoms with Gasteiger partial charge in [0.05, 0.1) is 25.3 Å². The number of thiophene rings is 1. The summed E-state index contributed by atoms with van der Waals surface area (Å²) in [6.45, 7) is -0.298. The standard InChI is InChI=1S/C20H21N3O5S/c1-27-11-7-8-13(14(9-11)28-2)23-18(25)17-12-5-3-4-6-15(12)29-19(17)22(20(23)26)10-16(21)24/h7-9H,3-6,10H2,1-2H3,(H2,21,24). The normalized spacial score (nSPS) is 13.3. The molecule has 9 heteroatoms. The zero-order valence-corrected chi connectivity index (χ0v) is 17.0. The van der Waals surface area contributed by atoms with Crippen LogP contribution in [0.5, 0.6) is 11.5 Å². The van der Waals surface area contributed by atoms with Gasteiger partial charge in [0.1, 0.15) is 22.9 Å². The average Bonchev–Trinajstić information content (AvgIpc) is 3.11. The Hall–Kier alpha value is -3.07. The third kappa shape index (κ3) is 3.11. The number of aryl methyl sites for hydroxylation is 2. The van der Waals surface area contributed by atoms with E-state index in [4.69, 9.17) is 15.2 Å². The summed E-state index contributed by atoms with van der Waals surface area (Å²) in [6, 6.07) is 4.85. The summed E-state index contributed by atoms with van der Waals surface area (Å²) in [4.78, 5) is 40.1. The lowest BCUT2D eigenvalue weighted by molar-refractivity contribution is -0.118. The second-order valence-corrected chi connectivity index (χ2v) is 7.99. The quantitative estimate of drug-likeness (QED) is 0.681. The molecule has 0 bridgehead atoms. The molecule has 0 saturated heterocycles. The van der Waals surface area contributed by atoms with Gasteiger partial charge in [-0.3, -0.25) is 14.2 Å². The van der Waals surface area contributed by atoms with Gasteiger partial charge in [0, 0.05) is 10.9 Å². The first-order valence-corrected chi connectivity index (χ1v) is 10.1. The van der Waals surface area contributed by atoms with Crippen LogP contribution in [0.15, 0.2) is 27.8 Å². The molecule has 0 aliphatic heterocycles. The number of ether oxygens (including phenoxy) is 2. The van der Waals surface area contributed by atoms with Crippen molar-refractivity contribution in [3.8, 4) is 17.2 Å². The molecule has 0 spiro atoms. The number of nitrogens with zero attached hydrogens (tertiary/aromatic N) is 2. The van der Waals surface area contributed by atoms with Crippen LogP contribution in [-0.2, 0) is 24.2 Å². The predicted octanol–water partition coefficient (Wildman–Crippen LogP) is 1.60. The van der Waals surface area contributed by atoms with Gasteiger partial charge in [-0.25, -0.2) is 9.36 Å². The van der Waals surface area contributed by atoms with Gasteiger partial charge in [-0.15, -0.1) is 11.3 Å². The van der Waals surface area contributed by atoms with Crippen LogP contribution in [0.25, 0.3) is 15.9 Å². The number of hydrogen-bond donors (Lipinski definition) is 1. The van der Waals surface area contributed by atoms with Crippen molar-refractivity contribution in [2.75, 3.05) is 14.2 Å². The highest BCUT2D eigenvalue weighted by Crippen LogP contribution is 2.35. The van der Waals surface area contributed by atoms with Gasteiger partial charge in [-0.05, 0) is 43.4 Å². The molecule has 0 unspecified atom stereocenters. The maximum Gasteiger partial charge on any atom is 0.337 e. The number of aromatic nitrogens is 2. The number of nitrogens with two attached hydrogens (primary N) is 1. The fourth-order valence-electron chi connectivity index (χ4n) is 3.85. The number of fused-ring (bicyclic) bond motifs is 3. The summed E-state index contributed by atoms with van der Waals surface area (Å²) in [6.07, 6.45) is 3.67. The molecule has 1 amide bonds. The Kier molecular flexibility index (Phi) is 4.91. The maximum absolute atomic E-state index is 13.5. The number of rotatable bonds is 5. The molecule has 3 aromatic rings. The molecule has 1 aliphatic rings. The van der Waals surface area contributed by atoms with Gasteiger partial charge in [-0.2, -0.15) is 0 Å². The van der Waals surface area contributed by atoms with Gasteiger partial charge >= 0.3 is 5.69 Å². The van der Waals surface area contributed by atoms with Crippen molar-refractivity contribution in [2.45, 2.75) is 32.2 Å². The monoisotopic (exact) mass is 415 g/mol. The maximum atomic E-state index is 13.5. The van der Waals surface area contributed by atoms with E-state index in [-0.39, 0.29) is 6.54 Å². The van der Waals surface area contributed by atoms with Crippen molar-refractivity contribution in [3.05, 3.63) is 49.5 Å². The smallest absolute Gasteiger partial charge is 0.337 e. The number of carbonyl (C=O) groups is 1.